The van der Waals surface area contributed by atoms with E-state index in [2.05, 4.69) is 15.4 Å². The molecule has 128 valence electrons. The van der Waals surface area contributed by atoms with E-state index in [1.165, 1.54) is 18.2 Å². The number of hydrogen-bond acceptors (Lipinski definition) is 3. The van der Waals surface area contributed by atoms with Crippen molar-refractivity contribution in [3.63, 3.8) is 0 Å². The van der Waals surface area contributed by atoms with Crippen LogP contribution < -0.4 is 5.32 Å². The standard InChI is InChI=1S/C18H16ClFN4O/c1-9-16-12(18(25)22-15-7-11(19)5-6-13(15)20)8-14(10-3-4-10)21-17(16)24(2)23-9/h5-8,10H,3-4H2,1-2H3,(H,22,25). The Kier molecular flexibility index (Phi) is 3.72. The first-order valence-corrected chi connectivity index (χ1v) is 8.42. The molecule has 1 saturated carbocycles. The SMILES string of the molecule is Cc1nn(C)c2nc(C3CC3)cc(C(=O)Nc3cc(Cl)ccc3F)c12. The molecule has 1 aromatic carbocycles. The molecular formula is C18H16ClFN4O. The van der Waals surface area contributed by atoms with Crippen molar-refractivity contribution in [3.05, 3.63) is 52.1 Å². The van der Waals surface area contributed by atoms with E-state index in [1.807, 2.05) is 6.92 Å². The molecule has 0 radical (unpaired) electrons. The minimum Gasteiger partial charge on any atom is -0.319 e. The van der Waals surface area contributed by atoms with Gasteiger partial charge >= 0.3 is 0 Å². The van der Waals surface area contributed by atoms with E-state index in [9.17, 15) is 9.18 Å². The van der Waals surface area contributed by atoms with Crippen molar-refractivity contribution in [1.82, 2.24) is 14.8 Å². The normalized spacial score (nSPS) is 14.1. The maximum Gasteiger partial charge on any atom is 0.256 e. The number of benzene rings is 1. The number of nitrogens with one attached hydrogen (secondary N) is 1. The Morgan fingerprint density at radius 1 is 1.36 bits per heavy atom. The molecule has 0 atom stereocenters. The minimum atomic E-state index is -0.534. The third-order valence-electron chi connectivity index (χ3n) is 4.41. The molecule has 2 aromatic heterocycles. The van der Waals surface area contributed by atoms with Crippen molar-refractivity contribution in [2.24, 2.45) is 7.05 Å². The van der Waals surface area contributed by atoms with E-state index < -0.39 is 11.7 Å². The highest BCUT2D eigenvalue weighted by atomic mass is 35.5. The highest BCUT2D eigenvalue weighted by Gasteiger charge is 2.28. The van der Waals surface area contributed by atoms with E-state index in [1.54, 1.807) is 17.8 Å². The van der Waals surface area contributed by atoms with Crippen LogP contribution in [0.2, 0.25) is 5.02 Å². The molecule has 0 spiro atoms. The summed E-state index contributed by atoms with van der Waals surface area (Å²) < 4.78 is 15.6. The molecule has 0 unspecified atom stereocenters. The van der Waals surface area contributed by atoms with Crippen molar-refractivity contribution < 1.29 is 9.18 Å². The van der Waals surface area contributed by atoms with Crippen LogP contribution in [0.1, 0.15) is 40.5 Å². The van der Waals surface area contributed by atoms with Gasteiger partial charge in [0.05, 0.1) is 22.3 Å². The molecule has 1 fully saturated rings. The van der Waals surface area contributed by atoms with Gasteiger partial charge in [-0.2, -0.15) is 5.10 Å². The summed E-state index contributed by atoms with van der Waals surface area (Å²) in [7, 11) is 1.80. The monoisotopic (exact) mass is 358 g/mol. The summed E-state index contributed by atoms with van der Waals surface area (Å²) in [6.45, 7) is 1.83. The molecule has 5 nitrogen and oxygen atoms in total. The number of anilines is 1. The number of halogens is 2. The lowest BCUT2D eigenvalue weighted by atomic mass is 10.1. The zero-order chi connectivity index (χ0) is 17.7. The molecular weight excluding hydrogens is 343 g/mol. The van der Waals surface area contributed by atoms with Crippen molar-refractivity contribution in [2.75, 3.05) is 5.32 Å². The fourth-order valence-electron chi connectivity index (χ4n) is 3.01. The molecule has 2 heterocycles. The summed E-state index contributed by atoms with van der Waals surface area (Å²) in [6, 6.07) is 5.86. The van der Waals surface area contributed by atoms with Crippen LogP contribution in [0.5, 0.6) is 0 Å². The second-order valence-corrected chi connectivity index (χ2v) is 6.79. The van der Waals surface area contributed by atoms with Gasteiger partial charge in [0.15, 0.2) is 5.65 Å². The number of amides is 1. The molecule has 1 aliphatic carbocycles. The van der Waals surface area contributed by atoms with Crippen LogP contribution >= 0.6 is 11.6 Å². The number of nitrogens with zero attached hydrogens (tertiary/aromatic N) is 3. The Morgan fingerprint density at radius 2 is 2.12 bits per heavy atom. The van der Waals surface area contributed by atoms with Crippen molar-refractivity contribution in [1.29, 1.82) is 0 Å². The Balaban J connectivity index is 1.81. The van der Waals surface area contributed by atoms with Crippen molar-refractivity contribution in [3.8, 4) is 0 Å². The van der Waals surface area contributed by atoms with E-state index in [-0.39, 0.29) is 5.69 Å². The molecule has 0 bridgehead atoms. The van der Waals surface area contributed by atoms with Gasteiger partial charge in [-0.25, -0.2) is 9.37 Å². The van der Waals surface area contributed by atoms with E-state index in [4.69, 9.17) is 11.6 Å². The predicted octanol–water partition coefficient (Wildman–Crippen LogP) is 4.20. The van der Waals surface area contributed by atoms with Crippen LogP contribution in [0.15, 0.2) is 24.3 Å². The summed E-state index contributed by atoms with van der Waals surface area (Å²) in [5, 5.41) is 8.03. The zero-order valence-electron chi connectivity index (χ0n) is 13.8. The van der Waals surface area contributed by atoms with Crippen molar-refractivity contribution >= 4 is 34.2 Å². The van der Waals surface area contributed by atoms with Gasteiger partial charge in [0.2, 0.25) is 0 Å². The van der Waals surface area contributed by atoms with Gasteiger partial charge in [-0.3, -0.25) is 9.48 Å². The van der Waals surface area contributed by atoms with Gasteiger partial charge < -0.3 is 5.32 Å². The van der Waals surface area contributed by atoms with Gasteiger partial charge in [-0.1, -0.05) is 11.6 Å². The molecule has 1 amide bonds. The fraction of sp³-hybridized carbons (Fsp3) is 0.278. The van der Waals surface area contributed by atoms with E-state index >= 15 is 0 Å². The number of carbonyl (C=O) groups is 1. The lowest BCUT2D eigenvalue weighted by Gasteiger charge is -2.10. The molecule has 25 heavy (non-hydrogen) atoms. The average molecular weight is 359 g/mol. The summed E-state index contributed by atoms with van der Waals surface area (Å²) in [6.07, 6.45) is 2.14. The van der Waals surface area contributed by atoms with Crippen LogP contribution in [-0.2, 0) is 7.05 Å². The van der Waals surface area contributed by atoms with Gasteiger partial charge in [0.1, 0.15) is 5.82 Å². The summed E-state index contributed by atoms with van der Waals surface area (Å²) in [5.41, 5.74) is 2.77. The van der Waals surface area contributed by atoms with Crippen LogP contribution in [0.4, 0.5) is 10.1 Å². The number of aromatic nitrogens is 3. The highest BCUT2D eigenvalue weighted by molar-refractivity contribution is 6.31. The average Bonchev–Trinajstić information content (AvgIpc) is 3.37. The Labute approximate surface area is 148 Å². The summed E-state index contributed by atoms with van der Waals surface area (Å²) in [4.78, 5) is 17.5. The Bertz CT molecular complexity index is 1010. The lowest BCUT2D eigenvalue weighted by molar-refractivity contribution is 0.102. The van der Waals surface area contributed by atoms with Crippen LogP contribution in [0.3, 0.4) is 0 Å². The number of carbonyl (C=O) groups excluding carboxylic acids is 1. The quantitative estimate of drug-likeness (QED) is 0.763. The number of aryl methyl sites for hydroxylation is 2. The summed E-state index contributed by atoms with van der Waals surface area (Å²) in [5.74, 6) is -0.547. The largest absolute Gasteiger partial charge is 0.319 e. The smallest absolute Gasteiger partial charge is 0.256 e. The first-order valence-electron chi connectivity index (χ1n) is 8.04. The van der Waals surface area contributed by atoms with Crippen LogP contribution in [0, 0.1) is 12.7 Å². The fourth-order valence-corrected chi connectivity index (χ4v) is 3.19. The number of hydrogen-bond donors (Lipinski definition) is 1. The first kappa shape index (κ1) is 16.0. The van der Waals surface area contributed by atoms with Gasteiger partial charge in [0, 0.05) is 23.7 Å². The van der Waals surface area contributed by atoms with Crippen LogP contribution in [0.25, 0.3) is 11.0 Å². The number of pyridine rings is 1. The van der Waals surface area contributed by atoms with Gasteiger partial charge in [-0.05, 0) is 44.0 Å². The van der Waals surface area contributed by atoms with Gasteiger partial charge in [0.25, 0.3) is 5.91 Å². The maximum absolute atomic E-state index is 14.0. The Hall–Kier alpha value is -2.47. The molecule has 4 rings (SSSR count). The van der Waals surface area contributed by atoms with Crippen molar-refractivity contribution in [2.45, 2.75) is 25.7 Å². The predicted molar refractivity (Wildman–Crippen MR) is 94.6 cm³/mol. The summed E-state index contributed by atoms with van der Waals surface area (Å²) >= 11 is 5.90. The minimum absolute atomic E-state index is 0.0528. The van der Waals surface area contributed by atoms with E-state index in [0.717, 1.165) is 18.5 Å². The van der Waals surface area contributed by atoms with Crippen LogP contribution in [-0.4, -0.2) is 20.7 Å². The molecule has 1 aliphatic rings. The highest BCUT2D eigenvalue weighted by Crippen LogP contribution is 2.40. The third kappa shape index (κ3) is 2.87. The molecule has 0 saturated heterocycles. The third-order valence-corrected chi connectivity index (χ3v) is 4.64. The Morgan fingerprint density at radius 3 is 2.84 bits per heavy atom. The zero-order valence-corrected chi connectivity index (χ0v) is 14.6. The maximum atomic E-state index is 14.0. The van der Waals surface area contributed by atoms with Gasteiger partial charge in [-0.15, -0.1) is 0 Å². The number of fused-ring (bicyclic) bond motifs is 1. The topological polar surface area (TPSA) is 59.8 Å². The second kappa shape index (κ2) is 5.81. The molecule has 3 aromatic rings. The molecule has 7 heteroatoms. The second-order valence-electron chi connectivity index (χ2n) is 6.35. The number of rotatable bonds is 3. The molecule has 0 aliphatic heterocycles. The van der Waals surface area contributed by atoms with E-state index in [0.29, 0.717) is 33.2 Å². The first-order chi connectivity index (χ1) is 11.9. The molecule has 1 N–H and O–H groups in total. The lowest BCUT2D eigenvalue weighted by Crippen LogP contribution is -2.14.